The van der Waals surface area contributed by atoms with Crippen LogP contribution in [0.3, 0.4) is 0 Å². The number of nitrogens with one attached hydrogen (secondary N) is 2. The molecule has 0 aromatic heterocycles. The number of hydrogen-bond acceptors (Lipinski definition) is 9. The van der Waals surface area contributed by atoms with Gasteiger partial charge in [-0.15, -0.1) is 0 Å². The van der Waals surface area contributed by atoms with E-state index in [1.54, 1.807) is 60.7 Å². The molecule has 2 atom stereocenters. The van der Waals surface area contributed by atoms with Crippen molar-refractivity contribution in [2.45, 2.75) is 31.7 Å². The third-order valence-corrected chi connectivity index (χ3v) is 8.96. The van der Waals surface area contributed by atoms with Crippen LogP contribution in [0.5, 0.6) is 28.7 Å². The number of carboxylic acid groups (broad SMARTS) is 1. The van der Waals surface area contributed by atoms with Crippen LogP contribution in [0.4, 0.5) is 4.39 Å². The summed E-state index contributed by atoms with van der Waals surface area (Å²) < 4.78 is 43.8. The quantitative estimate of drug-likeness (QED) is 0.260. The molecule has 0 spiro atoms. The van der Waals surface area contributed by atoms with E-state index in [0.29, 0.717) is 58.2 Å². The van der Waals surface area contributed by atoms with Crippen molar-refractivity contribution >= 4 is 17.8 Å². The zero-order valence-corrected chi connectivity index (χ0v) is 28.4. The molecule has 12 nitrogen and oxygen atoms in total. The Kier molecular flexibility index (Phi) is 10.6. The molecule has 266 valence electrons. The molecule has 1 saturated heterocycles. The molecule has 1 fully saturated rings. The third kappa shape index (κ3) is 7.83. The molecule has 4 aromatic rings. The fraction of sp³-hybridized carbons (Fsp3) is 0.289. The molecular weight excluding hydrogens is 661 g/mol. The zero-order chi connectivity index (χ0) is 36.1. The fourth-order valence-corrected chi connectivity index (χ4v) is 6.40. The van der Waals surface area contributed by atoms with Crippen molar-refractivity contribution in [2.75, 3.05) is 41.0 Å². The Morgan fingerprint density at radius 1 is 0.941 bits per heavy atom. The molecule has 0 radical (unpaired) electrons. The third-order valence-electron chi connectivity index (χ3n) is 8.96. The fourth-order valence-electron chi connectivity index (χ4n) is 6.40. The predicted molar refractivity (Wildman–Crippen MR) is 184 cm³/mol. The van der Waals surface area contributed by atoms with Crippen molar-refractivity contribution in [3.05, 3.63) is 101 Å². The number of benzene rings is 4. The summed E-state index contributed by atoms with van der Waals surface area (Å²) >= 11 is 0. The number of amides is 2. The monoisotopic (exact) mass is 699 g/mol. The topological polar surface area (TPSA) is 145 Å². The number of likely N-dealkylation sites (tertiary alicyclic amines) is 1. The normalized spacial score (nSPS) is 17.9. The van der Waals surface area contributed by atoms with Gasteiger partial charge in [0.2, 0.25) is 0 Å². The van der Waals surface area contributed by atoms with Crippen molar-refractivity contribution in [3.8, 4) is 39.9 Å². The first-order chi connectivity index (χ1) is 24.7. The van der Waals surface area contributed by atoms with E-state index in [-0.39, 0.29) is 49.0 Å². The maximum atomic E-state index is 15.3. The molecule has 6 bridgehead atoms. The van der Waals surface area contributed by atoms with Gasteiger partial charge in [-0.25, -0.2) is 9.18 Å². The van der Waals surface area contributed by atoms with Gasteiger partial charge < -0.3 is 39.4 Å². The smallest absolute Gasteiger partial charge is 0.339 e. The minimum atomic E-state index is -1.17. The number of carbonyl (C=O) groups excluding carboxylic acids is 2. The van der Waals surface area contributed by atoms with Gasteiger partial charge in [-0.2, -0.15) is 0 Å². The van der Waals surface area contributed by atoms with Crippen LogP contribution in [-0.2, 0) is 17.9 Å². The second kappa shape index (κ2) is 15.4. The summed E-state index contributed by atoms with van der Waals surface area (Å²) in [7, 11) is 4.33. The standard InChI is InChI=1S/C38H38FN3O9/c1-47-32-12-9-25(35(38(45)46)36(32)49-3)19-42-14-13-31-30(20-42)41-37(44)28-16-23(8-11-29(28)39)22-5-4-6-26(15-22)50-21-34(43)40-18-24-7-10-27(51-31)17-33(24)48-2/h4-12,15-17,30-31H,13-14,18-21H2,1-3H3,(H,40,43)(H,41,44)(H,45,46)/t30-,31+/m1/s1. The van der Waals surface area contributed by atoms with E-state index in [1.165, 1.54) is 33.5 Å². The van der Waals surface area contributed by atoms with Gasteiger partial charge in [0.1, 0.15) is 34.7 Å². The first-order valence-corrected chi connectivity index (χ1v) is 16.3. The van der Waals surface area contributed by atoms with E-state index in [0.717, 1.165) is 0 Å². The second-order valence-electron chi connectivity index (χ2n) is 12.2. The van der Waals surface area contributed by atoms with Gasteiger partial charge in [0.05, 0.1) is 32.9 Å². The Morgan fingerprint density at radius 3 is 2.51 bits per heavy atom. The summed E-state index contributed by atoms with van der Waals surface area (Å²) in [6.45, 7) is 0.931. The van der Waals surface area contributed by atoms with Gasteiger partial charge in [-0.3, -0.25) is 14.5 Å². The zero-order valence-electron chi connectivity index (χ0n) is 28.4. The van der Waals surface area contributed by atoms with Crippen molar-refractivity contribution in [1.82, 2.24) is 15.5 Å². The number of hydrogen-bond donors (Lipinski definition) is 3. The summed E-state index contributed by atoms with van der Waals surface area (Å²) in [5, 5.41) is 15.9. The van der Waals surface area contributed by atoms with E-state index >= 15 is 4.39 Å². The van der Waals surface area contributed by atoms with Crippen LogP contribution in [0.15, 0.2) is 72.8 Å². The first-order valence-electron chi connectivity index (χ1n) is 16.3. The lowest BCUT2D eigenvalue weighted by molar-refractivity contribution is -0.123. The molecule has 3 aliphatic heterocycles. The molecule has 51 heavy (non-hydrogen) atoms. The number of nitrogens with zero attached hydrogens (tertiary/aromatic N) is 1. The lowest BCUT2D eigenvalue weighted by Gasteiger charge is -2.39. The van der Waals surface area contributed by atoms with Gasteiger partial charge in [0, 0.05) is 37.8 Å². The highest BCUT2D eigenvalue weighted by Gasteiger charge is 2.34. The van der Waals surface area contributed by atoms with E-state index in [2.05, 4.69) is 10.6 Å². The molecule has 3 N–H and O–H groups in total. The van der Waals surface area contributed by atoms with Gasteiger partial charge in [-0.05, 0) is 65.6 Å². The summed E-state index contributed by atoms with van der Waals surface area (Å²) in [5.74, 6) is -1.06. The van der Waals surface area contributed by atoms with E-state index in [9.17, 15) is 19.5 Å². The van der Waals surface area contributed by atoms with Gasteiger partial charge in [-0.1, -0.05) is 24.3 Å². The SMILES string of the molecule is COc1cc2ccc1CNC(=O)COc1cccc(c1)-c1ccc(F)c(c1)C(=O)N[C@@H]1CN(Cc3ccc(OC)c(OC)c3C(=O)O)CC[C@@H]1O2. The Balaban J connectivity index is 1.35. The van der Waals surface area contributed by atoms with Crippen molar-refractivity contribution in [2.24, 2.45) is 0 Å². The van der Waals surface area contributed by atoms with Crippen LogP contribution in [-0.4, -0.2) is 81.0 Å². The highest BCUT2D eigenvalue weighted by molar-refractivity contribution is 5.96. The Labute approximate surface area is 294 Å². The maximum absolute atomic E-state index is 15.3. The van der Waals surface area contributed by atoms with E-state index in [1.807, 2.05) is 4.90 Å². The molecule has 0 aliphatic carbocycles. The number of carbonyl (C=O) groups is 3. The first kappa shape index (κ1) is 35.0. The molecule has 4 aromatic carbocycles. The van der Waals surface area contributed by atoms with Crippen LogP contribution in [0.2, 0.25) is 0 Å². The van der Waals surface area contributed by atoms with E-state index < -0.39 is 29.8 Å². The van der Waals surface area contributed by atoms with E-state index in [4.69, 9.17) is 23.7 Å². The lowest BCUT2D eigenvalue weighted by atomic mass is 9.98. The molecule has 3 heterocycles. The highest BCUT2D eigenvalue weighted by Crippen LogP contribution is 2.35. The van der Waals surface area contributed by atoms with Gasteiger partial charge in [0.15, 0.2) is 18.1 Å². The van der Waals surface area contributed by atoms with Gasteiger partial charge in [0.25, 0.3) is 11.8 Å². The predicted octanol–water partition coefficient (Wildman–Crippen LogP) is 4.68. The van der Waals surface area contributed by atoms with Crippen LogP contribution < -0.4 is 34.3 Å². The second-order valence-corrected chi connectivity index (χ2v) is 12.2. The van der Waals surface area contributed by atoms with Crippen molar-refractivity contribution < 1.29 is 47.6 Å². The summed E-state index contributed by atoms with van der Waals surface area (Å²) in [5.41, 5.74) is 2.26. The minimum Gasteiger partial charge on any atom is -0.496 e. The number of halogens is 1. The van der Waals surface area contributed by atoms with Crippen LogP contribution >= 0.6 is 0 Å². The molecule has 2 amide bonds. The van der Waals surface area contributed by atoms with Crippen LogP contribution in [0, 0.1) is 5.82 Å². The van der Waals surface area contributed by atoms with Gasteiger partial charge >= 0.3 is 5.97 Å². The Bertz CT molecular complexity index is 1950. The van der Waals surface area contributed by atoms with Crippen molar-refractivity contribution in [3.63, 3.8) is 0 Å². The number of piperidine rings is 1. The number of ether oxygens (including phenoxy) is 5. The number of fused-ring (bicyclic) bond motifs is 7. The van der Waals surface area contributed by atoms with Crippen LogP contribution in [0.1, 0.15) is 38.3 Å². The summed E-state index contributed by atoms with van der Waals surface area (Å²) in [6.07, 6.45) is -0.105. The Hall–Kier alpha value is -5.82. The number of aromatic carboxylic acids is 1. The minimum absolute atomic E-state index is 0.0211. The van der Waals surface area contributed by atoms with Crippen LogP contribution in [0.25, 0.3) is 11.1 Å². The highest BCUT2D eigenvalue weighted by atomic mass is 19.1. The largest absolute Gasteiger partial charge is 0.496 e. The summed E-state index contributed by atoms with van der Waals surface area (Å²) in [6, 6.07) is 19.2. The molecule has 3 aliphatic rings. The molecular formula is C38H38FN3O9. The lowest BCUT2D eigenvalue weighted by Crippen LogP contribution is -2.56. The number of methoxy groups -OCH3 is 3. The molecule has 7 rings (SSSR count). The molecule has 0 unspecified atom stereocenters. The average Bonchev–Trinajstić information content (AvgIpc) is 3.13. The molecule has 13 heteroatoms. The number of carboxylic acids is 1. The van der Waals surface area contributed by atoms with Crippen molar-refractivity contribution in [1.29, 1.82) is 0 Å². The maximum Gasteiger partial charge on any atom is 0.339 e. The number of rotatable bonds is 6. The summed E-state index contributed by atoms with van der Waals surface area (Å²) in [4.78, 5) is 40.9. The molecule has 0 saturated carbocycles. The average molecular weight is 700 g/mol. The Morgan fingerprint density at radius 2 is 1.75 bits per heavy atom.